The van der Waals surface area contributed by atoms with E-state index < -0.39 is 0 Å². The molecule has 3 heteroatoms. The van der Waals surface area contributed by atoms with Crippen molar-refractivity contribution in [2.24, 2.45) is 0 Å². The van der Waals surface area contributed by atoms with Gasteiger partial charge in [0.05, 0.1) is 10.0 Å². The summed E-state index contributed by atoms with van der Waals surface area (Å²) in [6.07, 6.45) is 0. The molecule has 0 unspecified atom stereocenters. The van der Waals surface area contributed by atoms with E-state index in [1.54, 1.807) is 11.3 Å². The van der Waals surface area contributed by atoms with Crippen LogP contribution in [0.5, 0.6) is 0 Å². The monoisotopic (exact) mass is 142 g/mol. The van der Waals surface area contributed by atoms with Gasteiger partial charge in [-0.1, -0.05) is 0 Å². The molecule has 1 aromatic heterocycles. The lowest BCUT2D eigenvalue weighted by atomic mass is 10.6. The van der Waals surface area contributed by atoms with Crippen LogP contribution in [0.3, 0.4) is 0 Å². The third-order valence-electron chi connectivity index (χ3n) is 1.05. The first-order valence-electron chi connectivity index (χ1n) is 2.73. The lowest BCUT2D eigenvalue weighted by molar-refractivity contribution is 1.16. The molecule has 1 heterocycles. The Bertz CT molecular complexity index is 193. The highest BCUT2D eigenvalue weighted by Gasteiger charge is 1.95. The SMILES string of the molecule is CN(C)c1ccc(N)s1. The summed E-state index contributed by atoms with van der Waals surface area (Å²) in [7, 11) is 4.01. The molecule has 2 N–H and O–H groups in total. The molecule has 50 valence electrons. The molecule has 0 radical (unpaired) electrons. The molecule has 0 aromatic carbocycles. The van der Waals surface area contributed by atoms with Crippen LogP contribution in [-0.2, 0) is 0 Å². The molecule has 0 spiro atoms. The first-order chi connectivity index (χ1) is 4.20. The van der Waals surface area contributed by atoms with E-state index >= 15 is 0 Å². The maximum absolute atomic E-state index is 5.51. The minimum atomic E-state index is 0.874. The minimum absolute atomic E-state index is 0.874. The third kappa shape index (κ3) is 1.36. The van der Waals surface area contributed by atoms with Gasteiger partial charge in [0.25, 0.3) is 0 Å². The summed E-state index contributed by atoms with van der Waals surface area (Å²) in [5, 5.41) is 2.08. The van der Waals surface area contributed by atoms with Gasteiger partial charge in [-0.2, -0.15) is 0 Å². The molecular formula is C6H10N2S. The predicted molar refractivity (Wildman–Crippen MR) is 43.1 cm³/mol. The van der Waals surface area contributed by atoms with Gasteiger partial charge in [-0.05, 0) is 12.1 Å². The Morgan fingerprint density at radius 2 is 2.11 bits per heavy atom. The molecule has 0 aliphatic carbocycles. The molecule has 0 fully saturated rings. The highest BCUT2D eigenvalue weighted by molar-refractivity contribution is 7.19. The number of thiophene rings is 1. The average molecular weight is 142 g/mol. The zero-order chi connectivity index (χ0) is 6.85. The van der Waals surface area contributed by atoms with Gasteiger partial charge in [0.2, 0.25) is 0 Å². The summed E-state index contributed by atoms with van der Waals surface area (Å²) in [6.45, 7) is 0. The van der Waals surface area contributed by atoms with Crippen LogP contribution in [-0.4, -0.2) is 14.1 Å². The van der Waals surface area contributed by atoms with Crippen molar-refractivity contribution >= 4 is 21.3 Å². The van der Waals surface area contributed by atoms with Gasteiger partial charge < -0.3 is 10.6 Å². The Morgan fingerprint density at radius 1 is 1.44 bits per heavy atom. The smallest absolute Gasteiger partial charge is 0.0924 e. The highest BCUT2D eigenvalue weighted by Crippen LogP contribution is 2.25. The maximum Gasteiger partial charge on any atom is 0.0924 e. The number of rotatable bonds is 1. The first-order valence-corrected chi connectivity index (χ1v) is 3.54. The number of hydrogen-bond acceptors (Lipinski definition) is 3. The van der Waals surface area contributed by atoms with Crippen molar-refractivity contribution in [1.29, 1.82) is 0 Å². The topological polar surface area (TPSA) is 29.3 Å². The molecule has 0 aliphatic rings. The van der Waals surface area contributed by atoms with E-state index in [1.165, 1.54) is 5.00 Å². The lowest BCUT2D eigenvalue weighted by Crippen LogP contribution is -2.05. The van der Waals surface area contributed by atoms with Gasteiger partial charge in [0.1, 0.15) is 0 Å². The van der Waals surface area contributed by atoms with Crippen LogP contribution >= 0.6 is 11.3 Å². The Kier molecular flexibility index (Phi) is 1.62. The molecule has 1 aromatic rings. The van der Waals surface area contributed by atoms with Crippen LogP contribution in [0.15, 0.2) is 12.1 Å². The van der Waals surface area contributed by atoms with Crippen LogP contribution < -0.4 is 10.6 Å². The molecule has 1 rings (SSSR count). The van der Waals surface area contributed by atoms with Gasteiger partial charge in [0.15, 0.2) is 0 Å². The normalized spacial score (nSPS) is 9.56. The third-order valence-corrected chi connectivity index (χ3v) is 2.14. The summed E-state index contributed by atoms with van der Waals surface area (Å²) < 4.78 is 0. The van der Waals surface area contributed by atoms with Crippen molar-refractivity contribution in [2.75, 3.05) is 24.7 Å². The standard InChI is InChI=1S/C6H10N2S/c1-8(2)6-4-3-5(7)9-6/h3-4H,7H2,1-2H3. The highest BCUT2D eigenvalue weighted by atomic mass is 32.1. The Morgan fingerprint density at radius 3 is 2.33 bits per heavy atom. The second kappa shape index (κ2) is 2.27. The summed E-state index contributed by atoms with van der Waals surface area (Å²) in [5.41, 5.74) is 5.51. The Balaban J connectivity index is 2.85. The largest absolute Gasteiger partial charge is 0.391 e. The van der Waals surface area contributed by atoms with Gasteiger partial charge >= 0.3 is 0 Å². The van der Waals surface area contributed by atoms with E-state index in [0.717, 1.165) is 5.00 Å². The summed E-state index contributed by atoms with van der Waals surface area (Å²) in [5.74, 6) is 0. The van der Waals surface area contributed by atoms with E-state index in [0.29, 0.717) is 0 Å². The van der Waals surface area contributed by atoms with Crippen molar-refractivity contribution in [1.82, 2.24) is 0 Å². The Hall–Kier alpha value is -0.700. The van der Waals surface area contributed by atoms with Crippen LogP contribution in [0.1, 0.15) is 0 Å². The number of nitrogens with two attached hydrogens (primary N) is 1. The molecule has 0 atom stereocenters. The van der Waals surface area contributed by atoms with Crippen LogP contribution in [0.4, 0.5) is 10.0 Å². The number of anilines is 2. The van der Waals surface area contributed by atoms with Crippen LogP contribution in [0.2, 0.25) is 0 Å². The summed E-state index contributed by atoms with van der Waals surface area (Å²) in [6, 6.07) is 3.93. The fourth-order valence-electron chi connectivity index (χ4n) is 0.583. The molecule has 0 saturated carbocycles. The van der Waals surface area contributed by atoms with Crippen molar-refractivity contribution < 1.29 is 0 Å². The molecule has 0 saturated heterocycles. The van der Waals surface area contributed by atoms with E-state index in [4.69, 9.17) is 5.73 Å². The first kappa shape index (κ1) is 6.42. The van der Waals surface area contributed by atoms with Crippen molar-refractivity contribution in [2.45, 2.75) is 0 Å². The molecule has 0 aliphatic heterocycles. The van der Waals surface area contributed by atoms with Crippen LogP contribution in [0.25, 0.3) is 0 Å². The van der Waals surface area contributed by atoms with Crippen LogP contribution in [0, 0.1) is 0 Å². The fraction of sp³-hybridized carbons (Fsp3) is 0.333. The number of nitrogens with zero attached hydrogens (tertiary/aromatic N) is 1. The lowest BCUT2D eigenvalue weighted by Gasteiger charge is -2.06. The van der Waals surface area contributed by atoms with Gasteiger partial charge in [-0.15, -0.1) is 11.3 Å². The van der Waals surface area contributed by atoms with Crippen molar-refractivity contribution in [3.63, 3.8) is 0 Å². The second-order valence-electron chi connectivity index (χ2n) is 2.07. The van der Waals surface area contributed by atoms with E-state index in [1.807, 2.05) is 31.1 Å². The predicted octanol–water partition coefficient (Wildman–Crippen LogP) is 1.40. The summed E-state index contributed by atoms with van der Waals surface area (Å²) in [4.78, 5) is 2.04. The molecule has 2 nitrogen and oxygen atoms in total. The fourth-order valence-corrected chi connectivity index (χ4v) is 1.28. The minimum Gasteiger partial charge on any atom is -0.391 e. The van der Waals surface area contributed by atoms with E-state index in [2.05, 4.69) is 0 Å². The molecular weight excluding hydrogens is 132 g/mol. The average Bonchev–Trinajstić information content (AvgIpc) is 2.14. The van der Waals surface area contributed by atoms with Gasteiger partial charge in [-0.3, -0.25) is 0 Å². The summed E-state index contributed by atoms with van der Waals surface area (Å²) >= 11 is 1.60. The van der Waals surface area contributed by atoms with Crippen molar-refractivity contribution in [3.05, 3.63) is 12.1 Å². The Labute approximate surface area is 58.9 Å². The van der Waals surface area contributed by atoms with E-state index in [-0.39, 0.29) is 0 Å². The van der Waals surface area contributed by atoms with Crippen molar-refractivity contribution in [3.8, 4) is 0 Å². The van der Waals surface area contributed by atoms with Gasteiger partial charge in [0, 0.05) is 14.1 Å². The zero-order valence-electron chi connectivity index (χ0n) is 5.59. The van der Waals surface area contributed by atoms with Gasteiger partial charge in [-0.25, -0.2) is 0 Å². The molecule has 0 bridgehead atoms. The quantitative estimate of drug-likeness (QED) is 0.642. The molecule has 9 heavy (non-hydrogen) atoms. The second-order valence-corrected chi connectivity index (χ2v) is 3.16. The maximum atomic E-state index is 5.51. The number of hydrogen-bond donors (Lipinski definition) is 1. The molecule has 0 amide bonds. The zero-order valence-corrected chi connectivity index (χ0v) is 6.40. The number of nitrogen functional groups attached to an aromatic ring is 1. The van der Waals surface area contributed by atoms with E-state index in [9.17, 15) is 0 Å².